The minimum atomic E-state index is -0.288. The lowest BCUT2D eigenvalue weighted by Crippen LogP contribution is -2.28. The Morgan fingerprint density at radius 1 is 1.04 bits per heavy atom. The Labute approximate surface area is 149 Å². The highest BCUT2D eigenvalue weighted by molar-refractivity contribution is 6.04. The number of carbonyl (C=O) groups excluding carboxylic acids is 3. The number of carbonyl (C=O) groups is 3. The summed E-state index contributed by atoms with van der Waals surface area (Å²) in [6.45, 7) is 0.239. The van der Waals surface area contributed by atoms with Gasteiger partial charge in [-0.1, -0.05) is 24.3 Å². The summed E-state index contributed by atoms with van der Waals surface area (Å²) in [5, 5.41) is 2.73. The van der Waals surface area contributed by atoms with Crippen molar-refractivity contribution >= 4 is 34.7 Å². The molecule has 1 aliphatic rings. The molecule has 0 unspecified atom stereocenters. The second-order valence-corrected chi connectivity index (χ2v) is 6.13. The second kappa shape index (κ2) is 6.44. The SMILES string of the molecule is O=C(Nc1nc2ccccc2[nH]1)c1ccc(CN2C(=O)CCC2=O)cc1. The average Bonchev–Trinajstić information content (AvgIpc) is 3.19. The quantitative estimate of drug-likeness (QED) is 0.708. The van der Waals surface area contributed by atoms with Gasteiger partial charge in [-0.15, -0.1) is 0 Å². The maximum Gasteiger partial charge on any atom is 0.257 e. The van der Waals surface area contributed by atoms with Crippen LogP contribution in [0.25, 0.3) is 11.0 Å². The first-order valence-electron chi connectivity index (χ1n) is 8.28. The summed E-state index contributed by atoms with van der Waals surface area (Å²) in [6, 6.07) is 14.3. The molecule has 0 aliphatic carbocycles. The molecule has 4 rings (SSSR count). The van der Waals surface area contributed by atoms with Crippen molar-refractivity contribution in [2.24, 2.45) is 0 Å². The second-order valence-electron chi connectivity index (χ2n) is 6.13. The number of anilines is 1. The van der Waals surface area contributed by atoms with Crippen LogP contribution in [-0.2, 0) is 16.1 Å². The number of benzene rings is 2. The summed E-state index contributed by atoms with van der Waals surface area (Å²) in [5.41, 5.74) is 2.89. The van der Waals surface area contributed by atoms with Gasteiger partial charge in [-0.05, 0) is 29.8 Å². The van der Waals surface area contributed by atoms with Crippen LogP contribution in [0.15, 0.2) is 48.5 Å². The molecule has 7 heteroatoms. The van der Waals surface area contributed by atoms with E-state index in [1.807, 2.05) is 24.3 Å². The van der Waals surface area contributed by atoms with Gasteiger partial charge in [-0.25, -0.2) is 4.98 Å². The summed E-state index contributed by atoms with van der Waals surface area (Å²) in [4.78, 5) is 44.3. The number of hydrogen-bond donors (Lipinski definition) is 2. The molecule has 0 atom stereocenters. The number of aromatic nitrogens is 2. The van der Waals surface area contributed by atoms with Gasteiger partial charge in [0, 0.05) is 18.4 Å². The Morgan fingerprint density at radius 2 is 1.73 bits per heavy atom. The normalized spacial score (nSPS) is 14.2. The minimum Gasteiger partial charge on any atom is -0.324 e. The third kappa shape index (κ3) is 3.06. The molecule has 1 saturated heterocycles. The number of aromatic amines is 1. The van der Waals surface area contributed by atoms with Crippen LogP contribution in [0.2, 0.25) is 0 Å². The number of imidazole rings is 1. The molecule has 1 aliphatic heterocycles. The van der Waals surface area contributed by atoms with Crippen LogP contribution in [0, 0.1) is 0 Å². The Hall–Kier alpha value is -3.48. The van der Waals surface area contributed by atoms with Crippen molar-refractivity contribution in [2.75, 3.05) is 5.32 Å². The number of amides is 3. The number of fused-ring (bicyclic) bond motifs is 1. The van der Waals surface area contributed by atoms with E-state index in [1.165, 1.54) is 4.90 Å². The van der Waals surface area contributed by atoms with Crippen molar-refractivity contribution < 1.29 is 14.4 Å². The Balaban J connectivity index is 1.45. The molecule has 1 aromatic heterocycles. The van der Waals surface area contributed by atoms with Crippen LogP contribution in [0.4, 0.5) is 5.95 Å². The van der Waals surface area contributed by atoms with Gasteiger partial charge in [0.2, 0.25) is 17.8 Å². The summed E-state index contributed by atoms with van der Waals surface area (Å²) < 4.78 is 0. The van der Waals surface area contributed by atoms with Crippen LogP contribution in [0.3, 0.4) is 0 Å². The van der Waals surface area contributed by atoms with Crippen LogP contribution in [0.1, 0.15) is 28.8 Å². The molecule has 0 radical (unpaired) electrons. The molecule has 0 saturated carbocycles. The number of H-pyrrole nitrogens is 1. The van der Waals surface area contributed by atoms with Gasteiger partial charge in [-0.2, -0.15) is 0 Å². The van der Waals surface area contributed by atoms with Crippen molar-refractivity contribution in [2.45, 2.75) is 19.4 Å². The van der Waals surface area contributed by atoms with Gasteiger partial charge in [-0.3, -0.25) is 24.6 Å². The van der Waals surface area contributed by atoms with Gasteiger partial charge < -0.3 is 4.98 Å². The number of hydrogen-bond acceptors (Lipinski definition) is 4. The van der Waals surface area contributed by atoms with Crippen LogP contribution < -0.4 is 5.32 Å². The average molecular weight is 348 g/mol. The van der Waals surface area contributed by atoms with Gasteiger partial charge >= 0.3 is 0 Å². The monoisotopic (exact) mass is 348 g/mol. The molecule has 2 heterocycles. The molecular formula is C19H16N4O3. The first kappa shape index (κ1) is 16.0. The van der Waals surface area contributed by atoms with E-state index in [2.05, 4.69) is 15.3 Å². The Kier molecular flexibility index (Phi) is 3.96. The summed E-state index contributed by atoms with van der Waals surface area (Å²) in [6.07, 6.45) is 0.549. The molecular weight excluding hydrogens is 332 g/mol. The van der Waals surface area contributed by atoms with E-state index in [1.54, 1.807) is 24.3 Å². The third-order valence-corrected chi connectivity index (χ3v) is 4.33. The van der Waals surface area contributed by atoms with Gasteiger partial charge in [0.05, 0.1) is 17.6 Å². The van der Waals surface area contributed by atoms with E-state index in [9.17, 15) is 14.4 Å². The molecule has 7 nitrogen and oxygen atoms in total. The van der Waals surface area contributed by atoms with Crippen molar-refractivity contribution in [3.05, 3.63) is 59.7 Å². The highest BCUT2D eigenvalue weighted by Gasteiger charge is 2.28. The maximum atomic E-state index is 12.4. The summed E-state index contributed by atoms with van der Waals surface area (Å²) >= 11 is 0. The highest BCUT2D eigenvalue weighted by Crippen LogP contribution is 2.17. The lowest BCUT2D eigenvalue weighted by molar-refractivity contribution is -0.139. The molecule has 26 heavy (non-hydrogen) atoms. The first-order chi connectivity index (χ1) is 12.6. The first-order valence-corrected chi connectivity index (χ1v) is 8.28. The largest absolute Gasteiger partial charge is 0.324 e. The summed E-state index contributed by atoms with van der Waals surface area (Å²) in [7, 11) is 0. The van der Waals surface area contributed by atoms with E-state index in [0.717, 1.165) is 16.6 Å². The van der Waals surface area contributed by atoms with Crippen molar-refractivity contribution in [3.63, 3.8) is 0 Å². The van der Waals surface area contributed by atoms with Crippen molar-refractivity contribution in [3.8, 4) is 0 Å². The van der Waals surface area contributed by atoms with E-state index in [4.69, 9.17) is 0 Å². The van der Waals surface area contributed by atoms with Gasteiger partial charge in [0.1, 0.15) is 0 Å². The molecule has 1 fully saturated rings. The van der Waals surface area contributed by atoms with Crippen LogP contribution in [-0.4, -0.2) is 32.6 Å². The molecule has 3 aromatic rings. The van der Waals surface area contributed by atoms with Crippen LogP contribution in [0.5, 0.6) is 0 Å². The molecule has 2 aromatic carbocycles. The maximum absolute atomic E-state index is 12.4. The fourth-order valence-corrected chi connectivity index (χ4v) is 2.94. The number of rotatable bonds is 4. The predicted octanol–water partition coefficient (Wildman–Crippen LogP) is 2.46. The third-order valence-electron chi connectivity index (χ3n) is 4.33. The lowest BCUT2D eigenvalue weighted by atomic mass is 10.1. The zero-order valence-corrected chi connectivity index (χ0v) is 13.9. The Bertz CT molecular complexity index is 958. The smallest absolute Gasteiger partial charge is 0.257 e. The fraction of sp³-hybridized carbons (Fsp3) is 0.158. The minimum absolute atomic E-state index is 0.151. The molecule has 0 spiro atoms. The van der Waals surface area contributed by atoms with Crippen molar-refractivity contribution in [1.82, 2.24) is 14.9 Å². The van der Waals surface area contributed by atoms with E-state index >= 15 is 0 Å². The van der Waals surface area contributed by atoms with E-state index in [-0.39, 0.29) is 37.1 Å². The molecule has 130 valence electrons. The van der Waals surface area contributed by atoms with E-state index < -0.39 is 0 Å². The number of imide groups is 1. The van der Waals surface area contributed by atoms with E-state index in [0.29, 0.717) is 11.5 Å². The number of nitrogens with zero attached hydrogens (tertiary/aromatic N) is 2. The Morgan fingerprint density at radius 3 is 2.42 bits per heavy atom. The predicted molar refractivity (Wildman–Crippen MR) is 95.3 cm³/mol. The van der Waals surface area contributed by atoms with Crippen molar-refractivity contribution in [1.29, 1.82) is 0 Å². The number of para-hydroxylation sites is 2. The summed E-state index contributed by atoms with van der Waals surface area (Å²) in [5.74, 6) is -0.208. The topological polar surface area (TPSA) is 95.2 Å². The zero-order valence-electron chi connectivity index (χ0n) is 13.9. The molecule has 2 N–H and O–H groups in total. The lowest BCUT2D eigenvalue weighted by Gasteiger charge is -2.13. The zero-order chi connectivity index (χ0) is 18.1. The number of likely N-dealkylation sites (tertiary alicyclic amines) is 1. The molecule has 3 amide bonds. The van der Waals surface area contributed by atoms with Gasteiger partial charge in [0.25, 0.3) is 5.91 Å². The van der Waals surface area contributed by atoms with Gasteiger partial charge in [0.15, 0.2) is 0 Å². The molecule has 0 bridgehead atoms. The number of nitrogens with one attached hydrogen (secondary N) is 2. The standard InChI is InChI=1S/C19H16N4O3/c24-16-9-10-17(25)23(16)11-12-5-7-13(8-6-12)18(26)22-19-20-14-3-1-2-4-15(14)21-19/h1-8H,9-11H2,(H2,20,21,22,26). The fourth-order valence-electron chi connectivity index (χ4n) is 2.94. The highest BCUT2D eigenvalue weighted by atomic mass is 16.2. The van der Waals surface area contributed by atoms with Crippen LogP contribution >= 0.6 is 0 Å².